The number of nitrogens with zero attached hydrogens (tertiary/aromatic N) is 2. The predicted octanol–water partition coefficient (Wildman–Crippen LogP) is 3.96. The van der Waals surface area contributed by atoms with Crippen LogP contribution in [0.15, 0.2) is 66.9 Å². The summed E-state index contributed by atoms with van der Waals surface area (Å²) in [5.41, 5.74) is 2.40. The minimum Gasteiger partial charge on any atom is -0.489 e. The molecule has 5 heteroatoms. The average molecular weight is 346 g/mol. The van der Waals surface area contributed by atoms with Crippen molar-refractivity contribution in [3.05, 3.63) is 72.6 Å². The molecule has 2 aromatic carbocycles. The second kappa shape index (κ2) is 6.88. The van der Waals surface area contributed by atoms with Crippen LogP contribution in [0.25, 0.3) is 21.8 Å². The summed E-state index contributed by atoms with van der Waals surface area (Å²) in [6, 6.07) is 19.3. The Bertz CT molecular complexity index is 1080. The van der Waals surface area contributed by atoms with Crippen LogP contribution in [-0.4, -0.2) is 28.7 Å². The Balaban J connectivity index is 1.40. The number of para-hydroxylation sites is 2. The third-order valence-electron chi connectivity index (χ3n) is 4.34. The lowest BCUT2D eigenvalue weighted by Crippen LogP contribution is -2.14. The maximum atomic E-state index is 12.4. The summed E-state index contributed by atoms with van der Waals surface area (Å²) in [6.45, 7) is 0.459. The summed E-state index contributed by atoms with van der Waals surface area (Å²) < 4.78 is 13.0. The Labute approximate surface area is 150 Å². The van der Waals surface area contributed by atoms with Gasteiger partial charge in [-0.15, -0.1) is 0 Å². The van der Waals surface area contributed by atoms with Gasteiger partial charge in [-0.2, -0.15) is 0 Å². The smallest absolute Gasteiger partial charge is 0.355 e. The van der Waals surface area contributed by atoms with Crippen molar-refractivity contribution in [3.8, 4) is 5.75 Å². The van der Waals surface area contributed by atoms with Crippen molar-refractivity contribution < 1.29 is 14.3 Å². The van der Waals surface area contributed by atoms with E-state index < -0.39 is 0 Å². The number of rotatable bonds is 5. The normalized spacial score (nSPS) is 11.0. The molecule has 0 aliphatic carbocycles. The number of hydrogen-bond donors (Lipinski definition) is 0. The number of aryl methyl sites for hydroxylation is 1. The SMILES string of the molecule is Cn1c(C(=O)OCCOc2ccnc3ccccc23)cc2ccccc21. The van der Waals surface area contributed by atoms with Crippen LogP contribution >= 0.6 is 0 Å². The number of ether oxygens (including phenoxy) is 2. The maximum Gasteiger partial charge on any atom is 0.355 e. The standard InChI is InChI=1S/C21H18N2O3/c1-23-18-9-5-2-6-15(18)14-19(23)21(24)26-13-12-25-20-10-11-22-17-8-4-3-7-16(17)20/h2-11,14H,12-13H2,1H3. The Morgan fingerprint density at radius 3 is 2.73 bits per heavy atom. The molecule has 0 bridgehead atoms. The predicted molar refractivity (Wildman–Crippen MR) is 100 cm³/mol. The molecular weight excluding hydrogens is 328 g/mol. The summed E-state index contributed by atoms with van der Waals surface area (Å²) >= 11 is 0. The highest BCUT2D eigenvalue weighted by molar-refractivity contribution is 5.95. The number of esters is 1. The maximum absolute atomic E-state index is 12.4. The van der Waals surface area contributed by atoms with Gasteiger partial charge in [-0.05, 0) is 30.3 Å². The quantitative estimate of drug-likeness (QED) is 0.405. The molecule has 130 valence electrons. The zero-order valence-electron chi connectivity index (χ0n) is 14.4. The van der Waals surface area contributed by atoms with Gasteiger partial charge in [0.15, 0.2) is 0 Å². The molecule has 0 fully saturated rings. The van der Waals surface area contributed by atoms with Crippen LogP contribution in [0.4, 0.5) is 0 Å². The molecule has 26 heavy (non-hydrogen) atoms. The highest BCUT2D eigenvalue weighted by Gasteiger charge is 2.14. The van der Waals surface area contributed by atoms with E-state index in [4.69, 9.17) is 9.47 Å². The Morgan fingerprint density at radius 2 is 1.85 bits per heavy atom. The van der Waals surface area contributed by atoms with Crippen LogP contribution in [-0.2, 0) is 11.8 Å². The van der Waals surface area contributed by atoms with Gasteiger partial charge in [-0.3, -0.25) is 4.98 Å². The van der Waals surface area contributed by atoms with Gasteiger partial charge in [-0.1, -0.05) is 30.3 Å². The van der Waals surface area contributed by atoms with Gasteiger partial charge in [0.1, 0.15) is 24.7 Å². The van der Waals surface area contributed by atoms with Crippen LogP contribution in [0, 0.1) is 0 Å². The average Bonchev–Trinajstić information content (AvgIpc) is 3.02. The van der Waals surface area contributed by atoms with Gasteiger partial charge in [0.05, 0.1) is 5.52 Å². The molecule has 2 aromatic heterocycles. The molecule has 0 saturated heterocycles. The van der Waals surface area contributed by atoms with Crippen molar-refractivity contribution >= 4 is 27.8 Å². The van der Waals surface area contributed by atoms with E-state index in [1.807, 2.05) is 72.3 Å². The van der Waals surface area contributed by atoms with Crippen LogP contribution in [0.5, 0.6) is 5.75 Å². The van der Waals surface area contributed by atoms with Gasteiger partial charge in [-0.25, -0.2) is 4.79 Å². The molecule has 0 spiro atoms. The first kappa shape index (κ1) is 16.1. The molecule has 0 amide bonds. The molecule has 0 unspecified atom stereocenters. The second-order valence-corrected chi connectivity index (χ2v) is 5.96. The Kier molecular flexibility index (Phi) is 4.27. The number of carbonyl (C=O) groups is 1. The topological polar surface area (TPSA) is 53.4 Å². The van der Waals surface area contributed by atoms with Crippen molar-refractivity contribution in [3.63, 3.8) is 0 Å². The first-order valence-corrected chi connectivity index (χ1v) is 8.42. The van der Waals surface area contributed by atoms with Crippen molar-refractivity contribution in [2.24, 2.45) is 7.05 Å². The van der Waals surface area contributed by atoms with E-state index in [2.05, 4.69) is 4.98 Å². The third kappa shape index (κ3) is 2.99. The lowest BCUT2D eigenvalue weighted by molar-refractivity contribution is 0.0441. The van der Waals surface area contributed by atoms with Crippen LogP contribution < -0.4 is 4.74 Å². The van der Waals surface area contributed by atoms with E-state index in [-0.39, 0.29) is 19.2 Å². The minimum absolute atomic E-state index is 0.178. The van der Waals surface area contributed by atoms with Crippen LogP contribution in [0.1, 0.15) is 10.5 Å². The van der Waals surface area contributed by atoms with E-state index >= 15 is 0 Å². The lowest BCUT2D eigenvalue weighted by atomic mass is 10.2. The number of pyridine rings is 1. The van der Waals surface area contributed by atoms with Gasteiger partial charge in [0.25, 0.3) is 0 Å². The number of aromatic nitrogens is 2. The van der Waals surface area contributed by atoms with Crippen molar-refractivity contribution in [2.45, 2.75) is 0 Å². The summed E-state index contributed by atoms with van der Waals surface area (Å²) in [6.07, 6.45) is 1.71. The van der Waals surface area contributed by atoms with Crippen molar-refractivity contribution in [2.75, 3.05) is 13.2 Å². The van der Waals surface area contributed by atoms with Crippen molar-refractivity contribution in [1.82, 2.24) is 9.55 Å². The zero-order chi connectivity index (χ0) is 17.9. The Hall–Kier alpha value is -3.34. The fraction of sp³-hybridized carbons (Fsp3) is 0.143. The molecule has 4 aromatic rings. The highest BCUT2D eigenvalue weighted by atomic mass is 16.6. The molecule has 2 heterocycles. The molecule has 0 N–H and O–H groups in total. The minimum atomic E-state index is -0.355. The van der Waals surface area contributed by atoms with Crippen LogP contribution in [0.2, 0.25) is 0 Å². The number of fused-ring (bicyclic) bond motifs is 2. The molecule has 5 nitrogen and oxygen atoms in total. The number of benzene rings is 2. The fourth-order valence-electron chi connectivity index (χ4n) is 3.04. The molecule has 0 saturated carbocycles. The van der Waals surface area contributed by atoms with Gasteiger partial charge in [0, 0.05) is 29.5 Å². The molecule has 4 rings (SSSR count). The summed E-state index contributed by atoms with van der Waals surface area (Å²) in [5.74, 6) is 0.378. The first-order valence-electron chi connectivity index (χ1n) is 8.42. The summed E-state index contributed by atoms with van der Waals surface area (Å²) in [4.78, 5) is 16.7. The highest BCUT2D eigenvalue weighted by Crippen LogP contribution is 2.23. The largest absolute Gasteiger partial charge is 0.489 e. The molecule has 0 aliphatic heterocycles. The number of hydrogen-bond acceptors (Lipinski definition) is 4. The second-order valence-electron chi connectivity index (χ2n) is 5.96. The first-order chi connectivity index (χ1) is 12.7. The molecule has 0 aliphatic rings. The van der Waals surface area contributed by atoms with Gasteiger partial charge >= 0.3 is 5.97 Å². The summed E-state index contributed by atoms with van der Waals surface area (Å²) in [7, 11) is 1.86. The summed E-state index contributed by atoms with van der Waals surface area (Å²) in [5, 5.41) is 1.96. The van der Waals surface area contributed by atoms with Crippen LogP contribution in [0.3, 0.4) is 0 Å². The fourth-order valence-corrected chi connectivity index (χ4v) is 3.04. The molecule has 0 atom stereocenters. The third-order valence-corrected chi connectivity index (χ3v) is 4.34. The van der Waals surface area contributed by atoms with E-state index in [9.17, 15) is 4.79 Å². The number of carbonyl (C=O) groups excluding carboxylic acids is 1. The monoisotopic (exact) mass is 346 g/mol. The molecule has 0 radical (unpaired) electrons. The van der Waals surface area contributed by atoms with Crippen molar-refractivity contribution in [1.29, 1.82) is 0 Å². The Morgan fingerprint density at radius 1 is 1.04 bits per heavy atom. The molecular formula is C21H18N2O3. The van der Waals surface area contributed by atoms with E-state index in [1.165, 1.54) is 0 Å². The van der Waals surface area contributed by atoms with Gasteiger partial charge < -0.3 is 14.0 Å². The van der Waals surface area contributed by atoms with Gasteiger partial charge in [0.2, 0.25) is 0 Å². The van der Waals surface area contributed by atoms with E-state index in [0.29, 0.717) is 5.69 Å². The lowest BCUT2D eigenvalue weighted by Gasteiger charge is -2.10. The van der Waals surface area contributed by atoms with E-state index in [0.717, 1.165) is 27.6 Å². The van der Waals surface area contributed by atoms with E-state index in [1.54, 1.807) is 6.20 Å². The zero-order valence-corrected chi connectivity index (χ0v) is 14.4.